The molecule has 0 aliphatic carbocycles. The van der Waals surface area contributed by atoms with Gasteiger partial charge in [0.15, 0.2) is 6.54 Å². The Kier molecular flexibility index (Phi) is 5.08. The Morgan fingerprint density at radius 3 is 2.55 bits per heavy atom. The molecule has 1 aliphatic heterocycles. The minimum atomic E-state index is -4.42. The topological polar surface area (TPSA) is 42.8 Å². The molecule has 0 aromatic heterocycles. The molecule has 1 amide bonds. The number of benzene rings is 1. The second-order valence-electron chi connectivity index (χ2n) is 5.72. The summed E-state index contributed by atoms with van der Waals surface area (Å²) in [5.41, 5.74) is -0.611. The van der Waals surface area contributed by atoms with Crippen molar-refractivity contribution in [3.05, 3.63) is 29.8 Å². The molecule has 2 N–H and O–H groups in total. The Morgan fingerprint density at radius 1 is 1.32 bits per heavy atom. The van der Waals surface area contributed by atoms with Crippen LogP contribution < -0.4 is 10.2 Å². The van der Waals surface area contributed by atoms with E-state index in [9.17, 15) is 18.0 Å². The zero-order valence-electron chi connectivity index (χ0n) is 12.5. The summed E-state index contributed by atoms with van der Waals surface area (Å²) in [7, 11) is 0. The van der Waals surface area contributed by atoms with E-state index in [0.29, 0.717) is 13.1 Å². The molecule has 4 nitrogen and oxygen atoms in total. The number of carbonyl (C=O) groups is 1. The van der Waals surface area contributed by atoms with Gasteiger partial charge in [-0.3, -0.25) is 4.79 Å². The van der Waals surface area contributed by atoms with Gasteiger partial charge in [0, 0.05) is 5.69 Å². The summed E-state index contributed by atoms with van der Waals surface area (Å²) >= 11 is 0. The van der Waals surface area contributed by atoms with E-state index in [-0.39, 0.29) is 30.3 Å². The van der Waals surface area contributed by atoms with Crippen molar-refractivity contribution in [3.8, 4) is 0 Å². The number of halogens is 3. The SMILES string of the molecule is C[C@@H]1C[NH+](CC(=O)Nc2cccc(C(F)(F)F)c2)C[C@H](C)O1. The first-order valence-corrected chi connectivity index (χ1v) is 7.20. The van der Waals surface area contributed by atoms with Crippen molar-refractivity contribution in [2.24, 2.45) is 0 Å². The minimum absolute atomic E-state index is 0.0695. The number of quaternary nitrogens is 1. The fourth-order valence-electron chi connectivity index (χ4n) is 2.74. The number of ether oxygens (including phenoxy) is 1. The Morgan fingerprint density at radius 2 is 1.95 bits per heavy atom. The maximum Gasteiger partial charge on any atom is 0.416 e. The molecule has 22 heavy (non-hydrogen) atoms. The molecule has 2 rings (SSSR count). The van der Waals surface area contributed by atoms with E-state index < -0.39 is 11.7 Å². The van der Waals surface area contributed by atoms with Gasteiger partial charge in [0.25, 0.3) is 5.91 Å². The predicted octanol–water partition coefficient (Wildman–Crippen LogP) is 1.34. The molecule has 0 saturated carbocycles. The Labute approximate surface area is 127 Å². The second-order valence-corrected chi connectivity index (χ2v) is 5.72. The molecular weight excluding hydrogens is 297 g/mol. The summed E-state index contributed by atoms with van der Waals surface area (Å²) in [6.45, 7) is 5.52. The molecule has 122 valence electrons. The zero-order valence-corrected chi connectivity index (χ0v) is 12.5. The van der Waals surface area contributed by atoms with Crippen LogP contribution in [0.3, 0.4) is 0 Å². The zero-order chi connectivity index (χ0) is 16.3. The largest absolute Gasteiger partial charge is 0.416 e. The lowest BCUT2D eigenvalue weighted by atomic mass is 10.2. The first-order valence-electron chi connectivity index (χ1n) is 7.20. The van der Waals surface area contributed by atoms with Gasteiger partial charge in [0.2, 0.25) is 0 Å². The van der Waals surface area contributed by atoms with Crippen LogP contribution in [0.5, 0.6) is 0 Å². The van der Waals surface area contributed by atoms with Gasteiger partial charge in [-0.15, -0.1) is 0 Å². The number of morpholine rings is 1. The molecule has 1 aromatic rings. The van der Waals surface area contributed by atoms with E-state index in [1.165, 1.54) is 12.1 Å². The summed E-state index contributed by atoms with van der Waals surface area (Å²) in [5.74, 6) is -0.296. The highest BCUT2D eigenvalue weighted by atomic mass is 19.4. The highest BCUT2D eigenvalue weighted by Gasteiger charge is 2.31. The fourth-order valence-corrected chi connectivity index (χ4v) is 2.74. The summed E-state index contributed by atoms with van der Waals surface area (Å²) < 4.78 is 43.5. The third kappa shape index (κ3) is 4.71. The van der Waals surface area contributed by atoms with E-state index in [1.807, 2.05) is 13.8 Å². The Balaban J connectivity index is 1.95. The van der Waals surface area contributed by atoms with Crippen molar-refractivity contribution >= 4 is 11.6 Å². The van der Waals surface area contributed by atoms with Crippen molar-refractivity contribution in [1.29, 1.82) is 0 Å². The lowest BCUT2D eigenvalue weighted by Gasteiger charge is -2.31. The van der Waals surface area contributed by atoms with Crippen molar-refractivity contribution in [2.75, 3.05) is 25.0 Å². The van der Waals surface area contributed by atoms with Crippen LogP contribution in [0.2, 0.25) is 0 Å². The van der Waals surface area contributed by atoms with Gasteiger partial charge < -0.3 is 15.0 Å². The fraction of sp³-hybridized carbons (Fsp3) is 0.533. The number of carbonyl (C=O) groups excluding carboxylic acids is 1. The summed E-state index contributed by atoms with van der Waals surface area (Å²) in [6.07, 6.45) is -4.28. The number of amides is 1. The van der Waals surface area contributed by atoms with Crippen LogP contribution in [0.4, 0.5) is 18.9 Å². The maximum absolute atomic E-state index is 12.6. The first-order chi connectivity index (χ1) is 10.2. The minimum Gasteiger partial charge on any atom is -0.364 e. The monoisotopic (exact) mass is 317 g/mol. The Hall–Kier alpha value is -1.60. The van der Waals surface area contributed by atoms with Gasteiger partial charge in [-0.25, -0.2) is 0 Å². The van der Waals surface area contributed by atoms with Gasteiger partial charge in [-0.1, -0.05) is 6.07 Å². The summed E-state index contributed by atoms with van der Waals surface area (Å²) in [5, 5.41) is 2.53. The third-order valence-corrected chi connectivity index (χ3v) is 3.50. The second kappa shape index (κ2) is 6.66. The van der Waals surface area contributed by atoms with Crippen LogP contribution in [0.15, 0.2) is 24.3 Å². The molecule has 3 atom stereocenters. The van der Waals surface area contributed by atoms with Crippen molar-refractivity contribution in [2.45, 2.75) is 32.2 Å². The molecule has 0 bridgehead atoms. The van der Waals surface area contributed by atoms with Crippen molar-refractivity contribution in [1.82, 2.24) is 0 Å². The lowest BCUT2D eigenvalue weighted by molar-refractivity contribution is -0.907. The molecule has 0 spiro atoms. The number of anilines is 1. The lowest BCUT2D eigenvalue weighted by Crippen LogP contribution is -3.16. The molecule has 1 saturated heterocycles. The quantitative estimate of drug-likeness (QED) is 0.883. The molecule has 7 heteroatoms. The average Bonchev–Trinajstić information content (AvgIpc) is 2.36. The molecule has 0 radical (unpaired) electrons. The molecular formula is C15H20F3N2O2+. The first kappa shape index (κ1) is 16.8. The normalized spacial score (nSPS) is 25.8. The maximum atomic E-state index is 12.6. The highest BCUT2D eigenvalue weighted by molar-refractivity contribution is 5.91. The number of rotatable bonds is 3. The summed E-state index contributed by atoms with van der Waals surface area (Å²) in [4.78, 5) is 13.1. The highest BCUT2D eigenvalue weighted by Crippen LogP contribution is 2.30. The molecule has 1 heterocycles. The van der Waals surface area contributed by atoms with Crippen LogP contribution in [0, 0.1) is 0 Å². The van der Waals surface area contributed by atoms with E-state index >= 15 is 0 Å². The van der Waals surface area contributed by atoms with E-state index in [2.05, 4.69) is 5.32 Å². The van der Waals surface area contributed by atoms with E-state index in [4.69, 9.17) is 4.74 Å². The van der Waals surface area contributed by atoms with Crippen LogP contribution in [-0.2, 0) is 15.7 Å². The standard InChI is InChI=1S/C15H19F3N2O2/c1-10-7-20(8-11(2)22-10)9-14(21)19-13-5-3-4-12(6-13)15(16,17)18/h3-6,10-11H,7-9H2,1-2H3,(H,19,21)/p+1/t10-,11+. The number of hydrogen-bond acceptors (Lipinski definition) is 2. The van der Waals surface area contributed by atoms with Crippen molar-refractivity contribution in [3.63, 3.8) is 0 Å². The smallest absolute Gasteiger partial charge is 0.364 e. The van der Waals surface area contributed by atoms with Gasteiger partial charge in [0.05, 0.1) is 5.56 Å². The van der Waals surface area contributed by atoms with Crippen LogP contribution >= 0.6 is 0 Å². The average molecular weight is 317 g/mol. The number of nitrogens with one attached hydrogen (secondary N) is 2. The van der Waals surface area contributed by atoms with Gasteiger partial charge in [-0.2, -0.15) is 13.2 Å². The molecule has 1 aliphatic rings. The molecule has 1 unspecified atom stereocenters. The predicted molar refractivity (Wildman–Crippen MR) is 75.6 cm³/mol. The third-order valence-electron chi connectivity index (χ3n) is 3.50. The van der Waals surface area contributed by atoms with E-state index in [1.54, 1.807) is 0 Å². The van der Waals surface area contributed by atoms with Crippen LogP contribution in [-0.4, -0.2) is 37.7 Å². The van der Waals surface area contributed by atoms with Gasteiger partial charge in [-0.05, 0) is 32.0 Å². The number of hydrogen-bond donors (Lipinski definition) is 2. The Bertz CT molecular complexity index is 524. The van der Waals surface area contributed by atoms with Crippen LogP contribution in [0.25, 0.3) is 0 Å². The van der Waals surface area contributed by atoms with Gasteiger partial charge >= 0.3 is 6.18 Å². The van der Waals surface area contributed by atoms with E-state index in [0.717, 1.165) is 17.0 Å². The van der Waals surface area contributed by atoms with Crippen LogP contribution in [0.1, 0.15) is 19.4 Å². The van der Waals surface area contributed by atoms with Gasteiger partial charge in [0.1, 0.15) is 25.3 Å². The number of alkyl halides is 3. The summed E-state index contributed by atoms with van der Waals surface area (Å²) in [6, 6.07) is 4.65. The van der Waals surface area contributed by atoms with Crippen molar-refractivity contribution < 1.29 is 27.6 Å². The molecule has 1 fully saturated rings. The molecule has 1 aromatic carbocycles.